The van der Waals surface area contributed by atoms with Crippen molar-refractivity contribution in [1.82, 2.24) is 5.32 Å². The summed E-state index contributed by atoms with van der Waals surface area (Å²) in [6, 6.07) is 0. The van der Waals surface area contributed by atoms with Crippen LogP contribution in [-0.2, 0) is 9.59 Å². The molecule has 3 unspecified atom stereocenters. The van der Waals surface area contributed by atoms with Crippen LogP contribution < -0.4 is 5.32 Å². The Morgan fingerprint density at radius 2 is 2.07 bits per heavy atom. The highest BCUT2D eigenvalue weighted by molar-refractivity contribution is 5.99. The summed E-state index contributed by atoms with van der Waals surface area (Å²) in [5, 5.41) is 2.43. The highest BCUT2D eigenvalue weighted by atomic mass is 16.2. The lowest BCUT2D eigenvalue weighted by Crippen LogP contribution is -2.47. The van der Waals surface area contributed by atoms with Gasteiger partial charge in [-0.15, -0.1) is 0 Å². The van der Waals surface area contributed by atoms with E-state index in [1.54, 1.807) is 0 Å². The van der Waals surface area contributed by atoms with Crippen molar-refractivity contribution in [3.63, 3.8) is 0 Å². The summed E-state index contributed by atoms with van der Waals surface area (Å²) in [5.74, 6) is 0.578. The van der Waals surface area contributed by atoms with Crippen molar-refractivity contribution in [3.05, 3.63) is 0 Å². The zero-order valence-electron chi connectivity index (χ0n) is 9.88. The Hall–Kier alpha value is -0.860. The van der Waals surface area contributed by atoms with E-state index in [4.69, 9.17) is 0 Å². The van der Waals surface area contributed by atoms with Crippen molar-refractivity contribution in [3.8, 4) is 0 Å². The van der Waals surface area contributed by atoms with Crippen molar-refractivity contribution in [2.24, 2.45) is 17.8 Å². The summed E-state index contributed by atoms with van der Waals surface area (Å²) >= 11 is 0. The van der Waals surface area contributed by atoms with E-state index in [1.165, 1.54) is 0 Å². The predicted molar refractivity (Wildman–Crippen MR) is 59.1 cm³/mol. The molecular weight excluding hydrogens is 190 g/mol. The van der Waals surface area contributed by atoms with Crippen LogP contribution in [0.2, 0.25) is 0 Å². The quantitative estimate of drug-likeness (QED) is 0.724. The zero-order chi connectivity index (χ0) is 11.4. The minimum Gasteiger partial charge on any atom is -0.296 e. The molecule has 3 heteroatoms. The van der Waals surface area contributed by atoms with Crippen LogP contribution in [-0.4, -0.2) is 11.8 Å². The fourth-order valence-corrected chi connectivity index (χ4v) is 2.59. The van der Waals surface area contributed by atoms with Gasteiger partial charge in [0.1, 0.15) is 0 Å². The largest absolute Gasteiger partial charge is 0.296 e. The molecule has 0 bridgehead atoms. The van der Waals surface area contributed by atoms with Crippen molar-refractivity contribution in [2.45, 2.75) is 46.5 Å². The average molecular weight is 211 g/mol. The van der Waals surface area contributed by atoms with E-state index in [2.05, 4.69) is 19.2 Å². The summed E-state index contributed by atoms with van der Waals surface area (Å²) in [6.07, 6.45) is 3.56. The molecule has 1 fully saturated rings. The number of nitrogens with one attached hydrogen (secondary N) is 1. The van der Waals surface area contributed by atoms with Gasteiger partial charge in [-0.3, -0.25) is 14.9 Å². The van der Waals surface area contributed by atoms with Crippen LogP contribution >= 0.6 is 0 Å². The maximum Gasteiger partial charge on any atom is 0.229 e. The molecule has 0 radical (unpaired) electrons. The SMILES string of the molecule is CCCC(C)C1CC(=O)NC(=O)C1CC. The van der Waals surface area contributed by atoms with Gasteiger partial charge in [0.2, 0.25) is 11.8 Å². The third kappa shape index (κ3) is 2.80. The van der Waals surface area contributed by atoms with Crippen molar-refractivity contribution >= 4 is 11.8 Å². The molecule has 1 rings (SSSR count). The summed E-state index contributed by atoms with van der Waals surface area (Å²) in [5.41, 5.74) is 0. The summed E-state index contributed by atoms with van der Waals surface area (Å²) < 4.78 is 0. The van der Waals surface area contributed by atoms with Crippen molar-refractivity contribution in [2.75, 3.05) is 0 Å². The number of piperidine rings is 1. The number of hydrogen-bond donors (Lipinski definition) is 1. The van der Waals surface area contributed by atoms with Gasteiger partial charge in [0.25, 0.3) is 0 Å². The smallest absolute Gasteiger partial charge is 0.229 e. The Morgan fingerprint density at radius 1 is 1.40 bits per heavy atom. The molecule has 0 spiro atoms. The van der Waals surface area contributed by atoms with Crippen molar-refractivity contribution in [1.29, 1.82) is 0 Å². The highest BCUT2D eigenvalue weighted by Crippen LogP contribution is 2.32. The lowest BCUT2D eigenvalue weighted by Gasteiger charge is -2.33. The number of imide groups is 1. The van der Waals surface area contributed by atoms with Crippen LogP contribution in [0.25, 0.3) is 0 Å². The first-order chi connectivity index (χ1) is 7.10. The number of carbonyl (C=O) groups excluding carboxylic acids is 2. The van der Waals surface area contributed by atoms with Gasteiger partial charge in [-0.1, -0.05) is 33.6 Å². The second-order valence-corrected chi connectivity index (χ2v) is 4.56. The molecule has 1 saturated heterocycles. The van der Waals surface area contributed by atoms with Crippen LogP contribution in [0.4, 0.5) is 0 Å². The normalized spacial score (nSPS) is 28.7. The van der Waals surface area contributed by atoms with Crippen molar-refractivity contribution < 1.29 is 9.59 Å². The van der Waals surface area contributed by atoms with Gasteiger partial charge < -0.3 is 0 Å². The molecule has 1 aliphatic heterocycles. The highest BCUT2D eigenvalue weighted by Gasteiger charge is 2.36. The molecule has 2 amide bonds. The molecule has 0 aromatic heterocycles. The average Bonchev–Trinajstić information content (AvgIpc) is 2.17. The van der Waals surface area contributed by atoms with E-state index in [-0.39, 0.29) is 23.7 Å². The fraction of sp³-hybridized carbons (Fsp3) is 0.833. The molecule has 3 nitrogen and oxygen atoms in total. The molecule has 1 aliphatic rings. The second kappa shape index (κ2) is 5.29. The van der Waals surface area contributed by atoms with E-state index in [0.29, 0.717) is 12.3 Å². The zero-order valence-corrected chi connectivity index (χ0v) is 9.88. The Kier molecular flexibility index (Phi) is 4.30. The van der Waals surface area contributed by atoms with Crippen LogP contribution in [0.3, 0.4) is 0 Å². The predicted octanol–water partition coefficient (Wildman–Crippen LogP) is 2.11. The number of hydrogen-bond acceptors (Lipinski definition) is 2. The maximum atomic E-state index is 11.6. The van der Waals surface area contributed by atoms with Gasteiger partial charge in [0.15, 0.2) is 0 Å². The lowest BCUT2D eigenvalue weighted by atomic mass is 9.74. The van der Waals surface area contributed by atoms with Gasteiger partial charge in [0.05, 0.1) is 0 Å². The molecule has 0 aliphatic carbocycles. The number of rotatable bonds is 4. The molecule has 0 saturated carbocycles. The van der Waals surface area contributed by atoms with E-state index >= 15 is 0 Å². The second-order valence-electron chi connectivity index (χ2n) is 4.56. The Morgan fingerprint density at radius 3 is 2.60 bits per heavy atom. The summed E-state index contributed by atoms with van der Waals surface area (Å²) in [7, 11) is 0. The Bertz CT molecular complexity index is 250. The van der Waals surface area contributed by atoms with E-state index < -0.39 is 0 Å². The summed E-state index contributed by atoms with van der Waals surface area (Å²) in [4.78, 5) is 22.9. The minimum atomic E-state index is -0.0994. The van der Waals surface area contributed by atoms with Crippen LogP contribution in [0.5, 0.6) is 0 Å². The summed E-state index contributed by atoms with van der Waals surface area (Å²) in [6.45, 7) is 6.32. The third-order valence-corrected chi connectivity index (χ3v) is 3.45. The lowest BCUT2D eigenvalue weighted by molar-refractivity contribution is -0.140. The number of carbonyl (C=O) groups is 2. The maximum absolute atomic E-state index is 11.6. The fourth-order valence-electron chi connectivity index (χ4n) is 2.59. The van der Waals surface area contributed by atoms with E-state index in [9.17, 15) is 9.59 Å². The first kappa shape index (κ1) is 12.2. The first-order valence-electron chi connectivity index (χ1n) is 5.93. The van der Waals surface area contributed by atoms with Crippen LogP contribution in [0, 0.1) is 17.8 Å². The molecular formula is C12H21NO2. The molecule has 1 N–H and O–H groups in total. The van der Waals surface area contributed by atoms with E-state index in [1.807, 2.05) is 6.92 Å². The number of amides is 2. The third-order valence-electron chi connectivity index (χ3n) is 3.45. The molecule has 0 aromatic carbocycles. The van der Waals surface area contributed by atoms with Gasteiger partial charge in [0, 0.05) is 12.3 Å². The first-order valence-corrected chi connectivity index (χ1v) is 5.93. The standard InChI is InChI=1S/C12H21NO2/c1-4-6-8(3)10-7-11(14)13-12(15)9(10)5-2/h8-10H,4-7H2,1-3H3,(H,13,14,15). The Balaban J connectivity index is 2.73. The van der Waals surface area contributed by atoms with Gasteiger partial charge in [-0.25, -0.2) is 0 Å². The topological polar surface area (TPSA) is 46.2 Å². The van der Waals surface area contributed by atoms with Gasteiger partial charge in [-0.05, 0) is 18.3 Å². The molecule has 1 heterocycles. The van der Waals surface area contributed by atoms with Crippen LogP contribution in [0.1, 0.15) is 46.5 Å². The van der Waals surface area contributed by atoms with Crippen LogP contribution in [0.15, 0.2) is 0 Å². The van der Waals surface area contributed by atoms with Gasteiger partial charge >= 0.3 is 0 Å². The minimum absolute atomic E-state index is 0.0317. The molecule has 0 aromatic rings. The Labute approximate surface area is 91.6 Å². The molecule has 15 heavy (non-hydrogen) atoms. The molecule has 3 atom stereocenters. The monoisotopic (exact) mass is 211 g/mol. The van der Waals surface area contributed by atoms with E-state index in [0.717, 1.165) is 19.3 Å². The molecule has 86 valence electrons. The van der Waals surface area contributed by atoms with Gasteiger partial charge in [-0.2, -0.15) is 0 Å².